The second-order valence-electron chi connectivity index (χ2n) is 3.38. The van der Waals surface area contributed by atoms with Gasteiger partial charge in [-0.15, -0.1) is 0 Å². The Labute approximate surface area is 82.4 Å². The zero-order chi connectivity index (χ0) is 10.7. The number of nitrogens with zero attached hydrogens (tertiary/aromatic N) is 1. The quantitative estimate of drug-likeness (QED) is 0.623. The molecule has 78 valence electrons. The summed E-state index contributed by atoms with van der Waals surface area (Å²) in [5, 5.41) is 2.54. The molecule has 1 atom stereocenters. The van der Waals surface area contributed by atoms with E-state index in [1.807, 2.05) is 0 Å². The maximum absolute atomic E-state index is 11.4. The molecule has 14 heavy (non-hydrogen) atoms. The minimum atomic E-state index is -0.289. The Morgan fingerprint density at radius 2 is 2.21 bits per heavy atom. The molecule has 1 aliphatic rings. The second-order valence-corrected chi connectivity index (χ2v) is 3.38. The molecule has 1 rings (SSSR count). The van der Waals surface area contributed by atoms with Gasteiger partial charge in [-0.3, -0.25) is 19.3 Å². The van der Waals surface area contributed by atoms with E-state index < -0.39 is 0 Å². The minimum Gasteiger partial charge on any atom is -0.355 e. The molecule has 5 nitrogen and oxygen atoms in total. The summed E-state index contributed by atoms with van der Waals surface area (Å²) in [4.78, 5) is 34.8. The summed E-state index contributed by atoms with van der Waals surface area (Å²) >= 11 is 0. The molecule has 0 radical (unpaired) electrons. The lowest BCUT2D eigenvalue weighted by atomic mass is 10.1. The first kappa shape index (κ1) is 10.7. The van der Waals surface area contributed by atoms with Gasteiger partial charge < -0.3 is 5.32 Å². The molecule has 0 saturated carbocycles. The number of carbonyl (C=O) groups is 3. The Bertz CT molecular complexity index is 275. The van der Waals surface area contributed by atoms with Gasteiger partial charge in [0.1, 0.15) is 6.54 Å². The molecular weight excluding hydrogens is 184 g/mol. The average molecular weight is 198 g/mol. The predicted octanol–water partition coefficient (Wildman–Crippen LogP) is -0.483. The fourth-order valence-electron chi connectivity index (χ4n) is 1.41. The lowest BCUT2D eigenvalue weighted by Gasteiger charge is -2.13. The molecule has 1 N–H and O–H groups in total. The Morgan fingerprint density at radius 3 is 2.64 bits per heavy atom. The summed E-state index contributed by atoms with van der Waals surface area (Å²) in [6, 6.07) is 0. The van der Waals surface area contributed by atoms with Crippen molar-refractivity contribution in [1.29, 1.82) is 0 Å². The summed E-state index contributed by atoms with van der Waals surface area (Å²) in [5.74, 6) is -1.07. The molecule has 5 heteroatoms. The first-order valence-corrected chi connectivity index (χ1v) is 4.67. The maximum Gasteiger partial charge on any atom is 0.240 e. The molecule has 1 heterocycles. The number of hydrogen-bond acceptors (Lipinski definition) is 3. The molecule has 1 unspecified atom stereocenters. The van der Waals surface area contributed by atoms with Crippen LogP contribution >= 0.6 is 0 Å². The highest BCUT2D eigenvalue weighted by Crippen LogP contribution is 2.17. The Hall–Kier alpha value is -1.39. The van der Waals surface area contributed by atoms with E-state index in [0.717, 1.165) is 4.90 Å². The van der Waals surface area contributed by atoms with Crippen LogP contribution in [-0.4, -0.2) is 35.7 Å². The van der Waals surface area contributed by atoms with Crippen LogP contribution < -0.4 is 5.32 Å². The molecule has 0 aromatic rings. The Kier molecular flexibility index (Phi) is 3.22. The van der Waals surface area contributed by atoms with Gasteiger partial charge in [0.05, 0.1) is 0 Å². The van der Waals surface area contributed by atoms with Gasteiger partial charge in [0, 0.05) is 18.9 Å². The third-order valence-corrected chi connectivity index (χ3v) is 2.15. The van der Waals surface area contributed by atoms with Gasteiger partial charge in [0.25, 0.3) is 0 Å². The predicted molar refractivity (Wildman–Crippen MR) is 49.2 cm³/mol. The molecule has 0 bridgehead atoms. The summed E-state index contributed by atoms with van der Waals surface area (Å²) in [5.41, 5.74) is 0. The Morgan fingerprint density at radius 1 is 1.57 bits per heavy atom. The zero-order valence-corrected chi connectivity index (χ0v) is 8.37. The van der Waals surface area contributed by atoms with Crippen molar-refractivity contribution < 1.29 is 14.4 Å². The highest BCUT2D eigenvalue weighted by molar-refractivity contribution is 6.05. The van der Waals surface area contributed by atoms with Crippen molar-refractivity contribution in [3.05, 3.63) is 0 Å². The van der Waals surface area contributed by atoms with Gasteiger partial charge >= 0.3 is 0 Å². The first-order chi connectivity index (χ1) is 6.56. The number of nitrogens with one attached hydrogen (secondary N) is 1. The zero-order valence-electron chi connectivity index (χ0n) is 8.37. The topological polar surface area (TPSA) is 66.5 Å². The largest absolute Gasteiger partial charge is 0.355 e. The smallest absolute Gasteiger partial charge is 0.240 e. The summed E-state index contributed by atoms with van der Waals surface area (Å²) in [6.45, 7) is 3.84. The molecule has 3 amide bonds. The van der Waals surface area contributed by atoms with Gasteiger partial charge in [-0.05, 0) is 6.92 Å². The lowest BCUT2D eigenvalue weighted by Crippen LogP contribution is -2.40. The van der Waals surface area contributed by atoms with Crippen molar-refractivity contribution in [1.82, 2.24) is 10.2 Å². The van der Waals surface area contributed by atoms with Crippen molar-refractivity contribution in [3.8, 4) is 0 Å². The van der Waals surface area contributed by atoms with Gasteiger partial charge in [0.2, 0.25) is 17.7 Å². The number of likely N-dealkylation sites (N-methyl/N-ethyl adjacent to an activating group) is 1. The molecule has 1 fully saturated rings. The molecule has 0 spiro atoms. The lowest BCUT2D eigenvalue weighted by molar-refractivity contribution is -0.143. The van der Waals surface area contributed by atoms with Gasteiger partial charge in [-0.25, -0.2) is 0 Å². The number of likely N-dealkylation sites (tertiary alicyclic amines) is 1. The van der Waals surface area contributed by atoms with E-state index in [-0.39, 0.29) is 36.6 Å². The van der Waals surface area contributed by atoms with E-state index >= 15 is 0 Å². The van der Waals surface area contributed by atoms with Crippen LogP contribution in [0.5, 0.6) is 0 Å². The van der Waals surface area contributed by atoms with Crippen LogP contribution in [0.25, 0.3) is 0 Å². The monoisotopic (exact) mass is 198 g/mol. The van der Waals surface area contributed by atoms with Crippen LogP contribution in [0.1, 0.15) is 20.3 Å². The molecule has 1 aliphatic heterocycles. The number of amides is 3. The van der Waals surface area contributed by atoms with Crippen LogP contribution in [0.3, 0.4) is 0 Å². The van der Waals surface area contributed by atoms with Crippen LogP contribution in [0.4, 0.5) is 0 Å². The SMILES string of the molecule is CCNC(=O)CN1C(=O)CC(C)C1=O. The van der Waals surface area contributed by atoms with Crippen molar-refractivity contribution in [2.45, 2.75) is 20.3 Å². The van der Waals surface area contributed by atoms with Gasteiger partial charge in [-0.2, -0.15) is 0 Å². The summed E-state index contributed by atoms with van der Waals surface area (Å²) < 4.78 is 0. The van der Waals surface area contributed by atoms with Gasteiger partial charge in [0.15, 0.2) is 0 Å². The molecular formula is C9H14N2O3. The average Bonchev–Trinajstić information content (AvgIpc) is 2.33. The standard InChI is InChI=1S/C9H14N2O3/c1-3-10-7(12)5-11-8(13)4-6(2)9(11)14/h6H,3-5H2,1-2H3,(H,10,12). The third kappa shape index (κ3) is 2.10. The van der Waals surface area contributed by atoms with Crippen molar-refractivity contribution in [2.24, 2.45) is 5.92 Å². The van der Waals surface area contributed by atoms with Crippen LogP contribution in [0, 0.1) is 5.92 Å². The number of carbonyl (C=O) groups excluding carboxylic acids is 3. The number of hydrogen-bond donors (Lipinski definition) is 1. The highest BCUT2D eigenvalue weighted by Gasteiger charge is 2.36. The maximum atomic E-state index is 11.4. The van der Waals surface area contributed by atoms with Crippen molar-refractivity contribution >= 4 is 17.7 Å². The number of rotatable bonds is 3. The minimum absolute atomic E-state index is 0.143. The molecule has 1 saturated heterocycles. The molecule has 0 aromatic heterocycles. The van der Waals surface area contributed by atoms with Crippen LogP contribution in [-0.2, 0) is 14.4 Å². The fraction of sp³-hybridized carbons (Fsp3) is 0.667. The molecule has 0 aromatic carbocycles. The molecule has 0 aliphatic carbocycles. The van der Waals surface area contributed by atoms with E-state index in [9.17, 15) is 14.4 Å². The van der Waals surface area contributed by atoms with E-state index in [0.29, 0.717) is 6.54 Å². The normalized spacial score (nSPS) is 21.6. The second kappa shape index (κ2) is 4.21. The fourth-order valence-corrected chi connectivity index (χ4v) is 1.41. The van der Waals surface area contributed by atoms with Crippen molar-refractivity contribution in [2.75, 3.05) is 13.1 Å². The Balaban J connectivity index is 2.56. The van der Waals surface area contributed by atoms with E-state index in [1.54, 1.807) is 13.8 Å². The van der Waals surface area contributed by atoms with E-state index in [4.69, 9.17) is 0 Å². The highest BCUT2D eigenvalue weighted by atomic mass is 16.2. The van der Waals surface area contributed by atoms with Crippen LogP contribution in [0.2, 0.25) is 0 Å². The third-order valence-electron chi connectivity index (χ3n) is 2.15. The van der Waals surface area contributed by atoms with E-state index in [2.05, 4.69) is 5.32 Å². The van der Waals surface area contributed by atoms with Crippen molar-refractivity contribution in [3.63, 3.8) is 0 Å². The van der Waals surface area contributed by atoms with Gasteiger partial charge in [-0.1, -0.05) is 6.92 Å². The summed E-state index contributed by atoms with van der Waals surface area (Å²) in [6.07, 6.45) is 0.220. The summed E-state index contributed by atoms with van der Waals surface area (Å²) in [7, 11) is 0. The van der Waals surface area contributed by atoms with Crippen LogP contribution in [0.15, 0.2) is 0 Å². The number of imide groups is 1. The first-order valence-electron chi connectivity index (χ1n) is 4.67. The van der Waals surface area contributed by atoms with E-state index in [1.165, 1.54) is 0 Å².